The van der Waals surface area contributed by atoms with Crippen LogP contribution in [-0.2, 0) is 21.9 Å². The van der Waals surface area contributed by atoms with Gasteiger partial charge < -0.3 is 14.7 Å². The predicted octanol–water partition coefficient (Wildman–Crippen LogP) is 5.57. The number of nitrogens with zero attached hydrogens (tertiary/aromatic N) is 1. The number of aliphatic hydroxyl groups is 1. The summed E-state index contributed by atoms with van der Waals surface area (Å²) in [6.07, 6.45) is -12.4. The van der Waals surface area contributed by atoms with E-state index in [0.29, 0.717) is 18.6 Å². The predicted molar refractivity (Wildman–Crippen MR) is 112 cm³/mol. The highest BCUT2D eigenvalue weighted by Crippen LogP contribution is 2.39. The minimum absolute atomic E-state index is 0.0865. The van der Waals surface area contributed by atoms with Gasteiger partial charge in [-0.15, -0.1) is 0 Å². The molecule has 186 valence electrons. The molecule has 0 bridgehead atoms. The van der Waals surface area contributed by atoms with Gasteiger partial charge in [-0.25, -0.2) is 0 Å². The van der Waals surface area contributed by atoms with Crippen LogP contribution < -0.4 is 0 Å². The topological polar surface area (TPSA) is 49.8 Å². The van der Waals surface area contributed by atoms with Gasteiger partial charge in [0, 0.05) is 19.0 Å². The zero-order valence-corrected chi connectivity index (χ0v) is 18.5. The zero-order chi connectivity index (χ0) is 25.3. The molecule has 0 spiro atoms. The molecule has 2 aromatic carbocycles. The second-order valence-corrected chi connectivity index (χ2v) is 8.42. The molecule has 2 aromatic rings. The molecule has 0 unspecified atom stereocenters. The Balaban J connectivity index is 1.90. The molecule has 0 aromatic heterocycles. The van der Waals surface area contributed by atoms with Gasteiger partial charge in [0.1, 0.15) is 6.10 Å². The average molecular weight is 489 g/mol. The van der Waals surface area contributed by atoms with Crippen molar-refractivity contribution in [2.45, 2.75) is 56.9 Å². The summed E-state index contributed by atoms with van der Waals surface area (Å²) < 4.78 is 85.6. The normalized spacial score (nSPS) is 21.3. The summed E-state index contributed by atoms with van der Waals surface area (Å²) in [5.74, 6) is -0.840. The Kier molecular flexibility index (Phi) is 7.62. The number of carbonyl (C=O) groups is 1. The lowest BCUT2D eigenvalue weighted by atomic mass is 9.87. The molecular formula is C24H25F6NO3. The van der Waals surface area contributed by atoms with Crippen LogP contribution in [0.15, 0.2) is 48.5 Å². The molecule has 4 nitrogen and oxygen atoms in total. The maximum absolute atomic E-state index is 13.3. The van der Waals surface area contributed by atoms with Gasteiger partial charge in [-0.05, 0) is 49.6 Å². The zero-order valence-electron chi connectivity index (χ0n) is 18.5. The van der Waals surface area contributed by atoms with E-state index < -0.39 is 47.7 Å². The van der Waals surface area contributed by atoms with E-state index >= 15 is 0 Å². The number of rotatable bonds is 5. The van der Waals surface area contributed by atoms with Crippen LogP contribution in [-0.4, -0.2) is 41.2 Å². The Morgan fingerprint density at radius 3 is 2.06 bits per heavy atom. The number of amides is 1. The number of hydrogen-bond acceptors (Lipinski definition) is 3. The fourth-order valence-electron chi connectivity index (χ4n) is 4.13. The lowest BCUT2D eigenvalue weighted by Gasteiger charge is -2.40. The van der Waals surface area contributed by atoms with E-state index in [4.69, 9.17) is 4.74 Å². The van der Waals surface area contributed by atoms with Crippen molar-refractivity contribution in [2.24, 2.45) is 0 Å². The van der Waals surface area contributed by atoms with E-state index in [-0.39, 0.29) is 30.6 Å². The number of halogens is 6. The second kappa shape index (κ2) is 9.95. The number of alkyl halides is 6. The molecule has 0 saturated carbocycles. The van der Waals surface area contributed by atoms with Gasteiger partial charge in [0.2, 0.25) is 0 Å². The molecule has 1 aliphatic rings. The van der Waals surface area contributed by atoms with Gasteiger partial charge in [-0.3, -0.25) is 4.79 Å². The highest BCUT2D eigenvalue weighted by Gasteiger charge is 2.39. The first kappa shape index (κ1) is 26.0. The number of likely N-dealkylation sites (tertiary alicyclic amines) is 1. The Hall–Kier alpha value is -2.59. The summed E-state index contributed by atoms with van der Waals surface area (Å²) in [6, 6.07) is 10.4. The fourth-order valence-corrected chi connectivity index (χ4v) is 4.13. The van der Waals surface area contributed by atoms with Crippen LogP contribution in [0.5, 0.6) is 0 Å². The molecule has 4 atom stereocenters. The monoisotopic (exact) mass is 489 g/mol. The molecule has 10 heteroatoms. The maximum Gasteiger partial charge on any atom is 0.416 e. The van der Waals surface area contributed by atoms with E-state index in [1.165, 1.54) is 18.7 Å². The number of carbonyl (C=O) groups excluding carboxylic acids is 1. The number of hydrogen-bond donors (Lipinski definition) is 1. The SMILES string of the molecule is C[C@H](O)C(=O)N1CC[C@H](O[C@H](C)c2cc(C(F)(F)F)cc(C(F)(F)F)c2)[C@H](c2ccccc2)C1. The minimum atomic E-state index is -4.95. The third-order valence-corrected chi connectivity index (χ3v) is 5.90. The van der Waals surface area contributed by atoms with Gasteiger partial charge in [0.25, 0.3) is 5.91 Å². The van der Waals surface area contributed by atoms with Gasteiger partial charge in [-0.2, -0.15) is 26.3 Å². The van der Waals surface area contributed by atoms with Crippen molar-refractivity contribution in [3.63, 3.8) is 0 Å². The largest absolute Gasteiger partial charge is 0.416 e. The minimum Gasteiger partial charge on any atom is -0.384 e. The average Bonchev–Trinajstić information content (AvgIpc) is 2.77. The van der Waals surface area contributed by atoms with Gasteiger partial charge >= 0.3 is 12.4 Å². The molecule has 1 fully saturated rings. The Morgan fingerprint density at radius 2 is 1.56 bits per heavy atom. The molecule has 1 heterocycles. The van der Waals surface area contributed by atoms with Crippen LogP contribution in [0.4, 0.5) is 26.3 Å². The summed E-state index contributed by atoms with van der Waals surface area (Å²) in [7, 11) is 0. The lowest BCUT2D eigenvalue weighted by molar-refractivity contribution is -0.143. The number of benzene rings is 2. The summed E-state index contributed by atoms with van der Waals surface area (Å²) in [5.41, 5.74) is -2.23. The molecule has 1 saturated heterocycles. The Labute approximate surface area is 193 Å². The lowest BCUT2D eigenvalue weighted by Crippen LogP contribution is -2.48. The van der Waals surface area contributed by atoms with Crippen molar-refractivity contribution in [2.75, 3.05) is 13.1 Å². The highest BCUT2D eigenvalue weighted by molar-refractivity contribution is 5.80. The summed E-state index contributed by atoms with van der Waals surface area (Å²) >= 11 is 0. The molecule has 0 aliphatic carbocycles. The molecule has 1 amide bonds. The first-order chi connectivity index (χ1) is 15.8. The third-order valence-electron chi connectivity index (χ3n) is 5.90. The summed E-state index contributed by atoms with van der Waals surface area (Å²) in [5, 5.41) is 9.67. The Bertz CT molecular complexity index is 958. The first-order valence-electron chi connectivity index (χ1n) is 10.7. The number of aliphatic hydroxyl groups excluding tert-OH is 1. The number of ether oxygens (including phenoxy) is 1. The van der Waals surface area contributed by atoms with Crippen LogP contribution in [0, 0.1) is 0 Å². The summed E-state index contributed by atoms with van der Waals surface area (Å²) in [6.45, 7) is 3.20. The van der Waals surface area contributed by atoms with Gasteiger partial charge in [0.15, 0.2) is 0 Å². The maximum atomic E-state index is 13.3. The highest BCUT2D eigenvalue weighted by atomic mass is 19.4. The van der Waals surface area contributed by atoms with Gasteiger partial charge in [0.05, 0.1) is 23.3 Å². The number of piperidine rings is 1. The van der Waals surface area contributed by atoms with Crippen LogP contribution >= 0.6 is 0 Å². The molecular weight excluding hydrogens is 464 g/mol. The first-order valence-corrected chi connectivity index (χ1v) is 10.7. The molecule has 1 N–H and O–H groups in total. The molecule has 3 rings (SSSR count). The smallest absolute Gasteiger partial charge is 0.384 e. The van der Waals surface area contributed by atoms with Crippen molar-refractivity contribution in [1.82, 2.24) is 4.90 Å². The fraction of sp³-hybridized carbons (Fsp3) is 0.458. The van der Waals surface area contributed by atoms with E-state index in [1.54, 1.807) is 18.2 Å². The molecule has 0 radical (unpaired) electrons. The quantitative estimate of drug-likeness (QED) is 0.559. The van der Waals surface area contributed by atoms with E-state index in [9.17, 15) is 36.2 Å². The van der Waals surface area contributed by atoms with Crippen molar-refractivity contribution in [1.29, 1.82) is 0 Å². The van der Waals surface area contributed by atoms with Gasteiger partial charge in [-0.1, -0.05) is 30.3 Å². The van der Waals surface area contributed by atoms with Crippen LogP contribution in [0.1, 0.15) is 54.5 Å². The van der Waals surface area contributed by atoms with Crippen LogP contribution in [0.25, 0.3) is 0 Å². The summed E-state index contributed by atoms with van der Waals surface area (Å²) in [4.78, 5) is 13.8. The molecule has 1 aliphatic heterocycles. The molecule has 34 heavy (non-hydrogen) atoms. The third kappa shape index (κ3) is 6.09. The van der Waals surface area contributed by atoms with E-state index in [2.05, 4.69) is 0 Å². The van der Waals surface area contributed by atoms with E-state index in [0.717, 1.165) is 5.56 Å². The van der Waals surface area contributed by atoms with Crippen molar-refractivity contribution in [3.05, 3.63) is 70.8 Å². The standard InChI is InChI=1S/C24H25F6NO3/c1-14(32)22(33)31-9-8-21(20(13-31)16-6-4-3-5-7-16)34-15(2)17-10-18(23(25,26)27)12-19(11-17)24(28,29)30/h3-7,10-12,14-15,20-21,32H,8-9,13H2,1-2H3/t14-,15+,20-,21-/m0/s1. The van der Waals surface area contributed by atoms with E-state index in [1.807, 2.05) is 12.1 Å². The Morgan fingerprint density at radius 1 is 1.00 bits per heavy atom. The van der Waals surface area contributed by atoms with Crippen molar-refractivity contribution >= 4 is 5.91 Å². The van der Waals surface area contributed by atoms with Crippen molar-refractivity contribution < 1.29 is 41.0 Å². The van der Waals surface area contributed by atoms with Crippen molar-refractivity contribution in [3.8, 4) is 0 Å². The second-order valence-electron chi connectivity index (χ2n) is 8.42. The van der Waals surface area contributed by atoms with Crippen LogP contribution in [0.3, 0.4) is 0 Å². The van der Waals surface area contributed by atoms with Crippen LogP contribution in [0.2, 0.25) is 0 Å².